The Bertz CT molecular complexity index is 1270. The van der Waals surface area contributed by atoms with E-state index in [0.29, 0.717) is 35.8 Å². The quantitative estimate of drug-likeness (QED) is 0.284. The van der Waals surface area contributed by atoms with Crippen molar-refractivity contribution < 1.29 is 26.7 Å². The van der Waals surface area contributed by atoms with E-state index in [1.807, 2.05) is 6.92 Å². The van der Waals surface area contributed by atoms with Gasteiger partial charge in [-0.1, -0.05) is 6.92 Å². The average Bonchev–Trinajstić information content (AvgIpc) is 3.28. The first-order chi connectivity index (χ1) is 15.7. The molecule has 0 saturated carbocycles. The normalized spacial score (nSPS) is 11.6. The molecule has 1 aromatic carbocycles. The van der Waals surface area contributed by atoms with Crippen molar-refractivity contribution >= 4 is 0 Å². The van der Waals surface area contributed by atoms with Crippen LogP contribution < -0.4 is 4.74 Å². The fourth-order valence-electron chi connectivity index (χ4n) is 3.21. The number of nitrogens with one attached hydrogen (secondary N) is 1. The van der Waals surface area contributed by atoms with Crippen molar-refractivity contribution in [1.82, 2.24) is 19.9 Å². The van der Waals surface area contributed by atoms with Crippen molar-refractivity contribution in [3.8, 4) is 28.4 Å². The first-order valence-corrected chi connectivity index (χ1v) is 9.89. The molecule has 0 aliphatic rings. The van der Waals surface area contributed by atoms with E-state index in [0.717, 1.165) is 16.8 Å². The highest BCUT2D eigenvalue weighted by Gasteiger charge is 2.31. The van der Waals surface area contributed by atoms with Crippen LogP contribution in [0.3, 0.4) is 0 Å². The van der Waals surface area contributed by atoms with Crippen LogP contribution in [0.2, 0.25) is 0 Å². The number of nitrogens with zero attached hydrogens (tertiary/aromatic N) is 3. The summed E-state index contributed by atoms with van der Waals surface area (Å²) in [4.78, 5) is 14.7. The molecule has 0 saturated heterocycles. The van der Waals surface area contributed by atoms with E-state index in [4.69, 9.17) is 4.74 Å². The maximum Gasteiger partial charge on any atom is 0.417 e. The van der Waals surface area contributed by atoms with Crippen LogP contribution in [0.5, 0.6) is 5.75 Å². The Hall–Kier alpha value is -3.82. The van der Waals surface area contributed by atoms with E-state index in [1.165, 1.54) is 12.3 Å². The van der Waals surface area contributed by atoms with Gasteiger partial charge < -0.3 is 9.72 Å². The van der Waals surface area contributed by atoms with Gasteiger partial charge >= 0.3 is 6.18 Å². The van der Waals surface area contributed by atoms with Gasteiger partial charge in [-0.15, -0.1) is 0 Å². The summed E-state index contributed by atoms with van der Waals surface area (Å²) in [7, 11) is 0. The highest BCUT2D eigenvalue weighted by molar-refractivity contribution is 5.68. The summed E-state index contributed by atoms with van der Waals surface area (Å²) in [5, 5.41) is 0. The van der Waals surface area contributed by atoms with Crippen molar-refractivity contribution in [2.75, 3.05) is 0 Å². The monoisotopic (exact) mass is 460 g/mol. The van der Waals surface area contributed by atoms with E-state index < -0.39 is 23.5 Å². The van der Waals surface area contributed by atoms with Crippen molar-refractivity contribution in [3.05, 3.63) is 83.6 Å². The molecule has 0 spiro atoms. The summed E-state index contributed by atoms with van der Waals surface area (Å²) < 4.78 is 70.6. The van der Waals surface area contributed by atoms with Gasteiger partial charge in [0.2, 0.25) is 5.95 Å². The zero-order valence-corrected chi connectivity index (χ0v) is 17.3. The number of hydrogen-bond acceptors (Lipinski definition) is 4. The number of benzene rings is 1. The maximum atomic E-state index is 14.0. The molecule has 0 unspecified atom stereocenters. The number of halogens is 5. The van der Waals surface area contributed by atoms with Gasteiger partial charge in [-0.2, -0.15) is 17.6 Å². The Labute approximate surface area is 185 Å². The summed E-state index contributed by atoms with van der Waals surface area (Å²) in [5.74, 6) is -0.721. The predicted octanol–water partition coefficient (Wildman–Crippen LogP) is 5.97. The predicted molar refractivity (Wildman–Crippen MR) is 110 cm³/mol. The lowest BCUT2D eigenvalue weighted by molar-refractivity contribution is -0.138. The number of ether oxygens (including phenoxy) is 1. The Kier molecular flexibility index (Phi) is 6.08. The minimum atomic E-state index is -4.67. The molecule has 0 fully saturated rings. The molecule has 5 nitrogen and oxygen atoms in total. The van der Waals surface area contributed by atoms with Gasteiger partial charge in [0.25, 0.3) is 0 Å². The zero-order valence-electron chi connectivity index (χ0n) is 17.3. The van der Waals surface area contributed by atoms with Crippen molar-refractivity contribution in [1.29, 1.82) is 0 Å². The number of imidazole rings is 1. The fraction of sp³-hybridized carbons (Fsp3) is 0.174. The van der Waals surface area contributed by atoms with Gasteiger partial charge in [-0.25, -0.2) is 14.4 Å². The van der Waals surface area contributed by atoms with Crippen LogP contribution in [-0.2, 0) is 19.2 Å². The number of pyridine rings is 2. The molecule has 1 N–H and O–H groups in total. The molecule has 0 aliphatic carbocycles. The minimum Gasteiger partial charge on any atom is -0.487 e. The summed E-state index contributed by atoms with van der Waals surface area (Å²) in [5.41, 5.74) is 1.74. The average molecular weight is 460 g/mol. The van der Waals surface area contributed by atoms with E-state index in [1.54, 1.807) is 30.5 Å². The first-order valence-electron chi connectivity index (χ1n) is 9.89. The van der Waals surface area contributed by atoms with Crippen LogP contribution in [0.4, 0.5) is 22.0 Å². The summed E-state index contributed by atoms with van der Waals surface area (Å²) in [6, 6.07) is 8.43. The molecular formula is C23H17F5N4O. The molecule has 0 bridgehead atoms. The largest absolute Gasteiger partial charge is 0.487 e. The summed E-state index contributed by atoms with van der Waals surface area (Å²) in [6.07, 6.45) is -0.418. The van der Waals surface area contributed by atoms with Crippen LogP contribution in [-0.4, -0.2) is 19.9 Å². The second-order valence-corrected chi connectivity index (χ2v) is 7.13. The number of H-pyrrole nitrogens is 1. The van der Waals surface area contributed by atoms with E-state index in [2.05, 4.69) is 19.9 Å². The lowest BCUT2D eigenvalue weighted by Crippen LogP contribution is -2.09. The van der Waals surface area contributed by atoms with Gasteiger partial charge in [0, 0.05) is 23.5 Å². The first kappa shape index (κ1) is 22.4. The Morgan fingerprint density at radius 3 is 2.42 bits per heavy atom. The summed E-state index contributed by atoms with van der Waals surface area (Å²) >= 11 is 0. The topological polar surface area (TPSA) is 63.7 Å². The van der Waals surface area contributed by atoms with Crippen LogP contribution in [0, 0.1) is 11.8 Å². The summed E-state index contributed by atoms with van der Waals surface area (Å²) in [6.45, 7) is 1.62. The number of rotatable bonds is 6. The fourth-order valence-corrected chi connectivity index (χ4v) is 3.21. The number of alkyl halides is 3. The highest BCUT2D eigenvalue weighted by Crippen LogP contribution is 2.31. The lowest BCUT2D eigenvalue weighted by atomic mass is 10.0. The molecule has 4 rings (SSSR count). The zero-order chi connectivity index (χ0) is 23.6. The van der Waals surface area contributed by atoms with Gasteiger partial charge in [-0.05, 0) is 48.4 Å². The molecule has 3 heterocycles. The molecule has 3 aromatic heterocycles. The van der Waals surface area contributed by atoms with Crippen LogP contribution in [0.1, 0.15) is 23.7 Å². The van der Waals surface area contributed by atoms with Crippen molar-refractivity contribution in [2.24, 2.45) is 0 Å². The Balaban J connectivity index is 1.51. The van der Waals surface area contributed by atoms with Crippen LogP contribution >= 0.6 is 0 Å². The molecule has 0 radical (unpaired) electrons. The SMILES string of the molecule is CCc1cc(OCc2ncc(C(F)(F)F)cc2F)ccc1-c1cnc(-c2ccc(F)nc2)[nH]1. The smallest absolute Gasteiger partial charge is 0.417 e. The van der Waals surface area contributed by atoms with Crippen molar-refractivity contribution in [3.63, 3.8) is 0 Å². The molecule has 10 heteroatoms. The number of aryl methyl sites for hydroxylation is 1. The molecule has 170 valence electrons. The van der Waals surface area contributed by atoms with Gasteiger partial charge in [-0.3, -0.25) is 4.98 Å². The third-order valence-electron chi connectivity index (χ3n) is 4.94. The lowest BCUT2D eigenvalue weighted by Gasteiger charge is -2.12. The third-order valence-corrected chi connectivity index (χ3v) is 4.94. The standard InChI is InChI=1S/C23H17F5N4O/c1-2-13-7-16(33-12-20-18(24)8-15(10-29-20)23(26,27)28)4-5-17(13)19-11-31-22(32-19)14-3-6-21(25)30-9-14/h3-11H,2,12H2,1H3,(H,31,32). The molecule has 33 heavy (non-hydrogen) atoms. The maximum absolute atomic E-state index is 14.0. The van der Waals surface area contributed by atoms with Gasteiger partial charge in [0.05, 0.1) is 17.5 Å². The van der Waals surface area contributed by atoms with Crippen LogP contribution in [0.15, 0.2) is 55.0 Å². The van der Waals surface area contributed by atoms with E-state index in [-0.39, 0.29) is 12.3 Å². The highest BCUT2D eigenvalue weighted by atomic mass is 19.4. The molecule has 0 aliphatic heterocycles. The minimum absolute atomic E-state index is 0.226. The molecule has 0 amide bonds. The van der Waals surface area contributed by atoms with Crippen LogP contribution in [0.25, 0.3) is 22.6 Å². The third kappa shape index (κ3) is 5.00. The van der Waals surface area contributed by atoms with E-state index >= 15 is 0 Å². The van der Waals surface area contributed by atoms with Crippen molar-refractivity contribution in [2.45, 2.75) is 26.1 Å². The molecule has 0 atom stereocenters. The Morgan fingerprint density at radius 1 is 0.939 bits per heavy atom. The van der Waals surface area contributed by atoms with Gasteiger partial charge in [0.15, 0.2) is 0 Å². The van der Waals surface area contributed by atoms with Gasteiger partial charge in [0.1, 0.15) is 29.7 Å². The molecule has 4 aromatic rings. The number of aromatic amines is 1. The Morgan fingerprint density at radius 2 is 1.76 bits per heavy atom. The second kappa shape index (κ2) is 8.97. The van der Waals surface area contributed by atoms with E-state index in [9.17, 15) is 22.0 Å². The molecular weight excluding hydrogens is 443 g/mol. The second-order valence-electron chi connectivity index (χ2n) is 7.13. The number of hydrogen-bond donors (Lipinski definition) is 1. The number of aromatic nitrogens is 4.